The zero-order valence-corrected chi connectivity index (χ0v) is 6.93. The Bertz CT molecular complexity index is 391. The van der Waals surface area contributed by atoms with Gasteiger partial charge in [0.05, 0.1) is 4.92 Å². The molecule has 0 aliphatic rings. The molecule has 1 amide bonds. The van der Waals surface area contributed by atoms with Gasteiger partial charge in [-0.15, -0.1) is 0 Å². The highest BCUT2D eigenvalue weighted by Gasteiger charge is 2.22. The van der Waals surface area contributed by atoms with E-state index in [1.807, 2.05) is 0 Å². The number of carbonyl (C=O) groups excluding carboxylic acids is 1. The summed E-state index contributed by atoms with van der Waals surface area (Å²) in [6.07, 6.45) is 0. The first-order valence-electron chi connectivity index (χ1n) is 3.55. The van der Waals surface area contributed by atoms with Crippen molar-refractivity contribution in [3.8, 4) is 0 Å². The van der Waals surface area contributed by atoms with Gasteiger partial charge in [0, 0.05) is 0 Å². The van der Waals surface area contributed by atoms with Crippen LogP contribution < -0.4 is 11.2 Å². The van der Waals surface area contributed by atoms with Crippen molar-refractivity contribution in [2.24, 2.45) is 5.73 Å². The molecule has 1 aromatic carbocycles. The van der Waals surface area contributed by atoms with Crippen molar-refractivity contribution < 1.29 is 14.9 Å². The number of nitro groups is 1. The number of amides is 1. The van der Waals surface area contributed by atoms with E-state index >= 15 is 0 Å². The third kappa shape index (κ3) is 1.62. The summed E-state index contributed by atoms with van der Waals surface area (Å²) in [7, 11) is 0. The fraction of sp³-hybridized carbons (Fsp3) is 0. The van der Waals surface area contributed by atoms with Crippen molar-refractivity contribution in [3.05, 3.63) is 33.9 Å². The highest BCUT2D eigenvalue weighted by molar-refractivity contribution is 5.99. The first-order valence-corrected chi connectivity index (χ1v) is 3.55. The Morgan fingerprint density at radius 1 is 1.57 bits per heavy atom. The number of carbonyl (C=O) groups is 1. The van der Waals surface area contributed by atoms with E-state index in [9.17, 15) is 14.9 Å². The molecule has 0 saturated heterocycles. The third-order valence-electron chi connectivity index (χ3n) is 1.60. The molecule has 0 heterocycles. The molecule has 1 aromatic rings. The molecule has 7 nitrogen and oxygen atoms in total. The molecular weight excluding hydrogens is 190 g/mol. The van der Waals surface area contributed by atoms with Crippen LogP contribution in [0.5, 0.6) is 0 Å². The maximum Gasteiger partial charge on any atom is 0.307 e. The van der Waals surface area contributed by atoms with Gasteiger partial charge >= 0.3 is 5.69 Å². The monoisotopic (exact) mass is 197 g/mol. The molecule has 0 fully saturated rings. The number of hydrogen-bond acceptors (Lipinski definition) is 5. The van der Waals surface area contributed by atoms with E-state index in [-0.39, 0.29) is 11.3 Å². The summed E-state index contributed by atoms with van der Waals surface area (Å²) in [5.74, 6) is -0.922. The van der Waals surface area contributed by atoms with Crippen LogP contribution in [0.4, 0.5) is 11.4 Å². The largest absolute Gasteiger partial charge is 0.365 e. The molecule has 0 saturated carbocycles. The lowest BCUT2D eigenvalue weighted by Gasteiger charge is -2.03. The van der Waals surface area contributed by atoms with Crippen LogP contribution in [-0.4, -0.2) is 16.0 Å². The maximum absolute atomic E-state index is 10.8. The fourth-order valence-electron chi connectivity index (χ4n) is 1.03. The summed E-state index contributed by atoms with van der Waals surface area (Å²) in [4.78, 5) is 20.6. The quantitative estimate of drug-likeness (QED) is 0.481. The molecule has 74 valence electrons. The van der Waals surface area contributed by atoms with Crippen molar-refractivity contribution in [2.75, 3.05) is 5.48 Å². The van der Waals surface area contributed by atoms with Gasteiger partial charge in [0.15, 0.2) is 0 Å². The number of nitrogens with two attached hydrogens (primary N) is 1. The number of primary amides is 1. The van der Waals surface area contributed by atoms with Crippen molar-refractivity contribution >= 4 is 17.3 Å². The number of para-hydroxylation sites is 1. The van der Waals surface area contributed by atoms with Gasteiger partial charge in [-0.2, -0.15) is 0 Å². The molecular formula is C7H7N3O4. The summed E-state index contributed by atoms with van der Waals surface area (Å²) < 4.78 is 0. The lowest BCUT2D eigenvalue weighted by molar-refractivity contribution is -0.384. The highest BCUT2D eigenvalue weighted by atomic mass is 16.6. The first-order chi connectivity index (χ1) is 6.57. The van der Waals surface area contributed by atoms with Gasteiger partial charge in [-0.3, -0.25) is 25.6 Å². The predicted octanol–water partition coefficient (Wildman–Crippen LogP) is 0.495. The van der Waals surface area contributed by atoms with E-state index < -0.39 is 16.5 Å². The number of benzene rings is 1. The van der Waals surface area contributed by atoms with Gasteiger partial charge in [-0.05, 0) is 12.1 Å². The van der Waals surface area contributed by atoms with Crippen molar-refractivity contribution in [3.63, 3.8) is 0 Å². The smallest absolute Gasteiger partial charge is 0.307 e. The molecule has 7 heteroatoms. The fourth-order valence-corrected chi connectivity index (χ4v) is 1.03. The molecule has 1 rings (SSSR count). The predicted molar refractivity (Wildman–Crippen MR) is 47.0 cm³/mol. The van der Waals surface area contributed by atoms with E-state index in [4.69, 9.17) is 10.9 Å². The number of nitrogens with one attached hydrogen (secondary N) is 1. The minimum atomic E-state index is -0.922. The summed E-state index contributed by atoms with van der Waals surface area (Å²) >= 11 is 0. The van der Waals surface area contributed by atoms with Crippen molar-refractivity contribution in [2.45, 2.75) is 0 Å². The summed E-state index contributed by atoms with van der Waals surface area (Å²) in [5.41, 5.74) is 5.58. The second-order valence-corrected chi connectivity index (χ2v) is 2.43. The molecule has 0 aromatic heterocycles. The van der Waals surface area contributed by atoms with E-state index in [2.05, 4.69) is 0 Å². The minimum Gasteiger partial charge on any atom is -0.365 e. The molecule has 4 N–H and O–H groups in total. The minimum absolute atomic E-state index is 0.175. The Kier molecular flexibility index (Phi) is 2.63. The Hall–Kier alpha value is -2.15. The third-order valence-corrected chi connectivity index (χ3v) is 1.60. The zero-order chi connectivity index (χ0) is 10.7. The number of nitrogens with zero attached hydrogens (tertiary/aromatic N) is 1. The van der Waals surface area contributed by atoms with Crippen molar-refractivity contribution in [1.82, 2.24) is 0 Å². The molecule has 0 atom stereocenters. The molecule has 0 bridgehead atoms. The number of anilines is 1. The van der Waals surface area contributed by atoms with E-state index in [1.165, 1.54) is 18.2 Å². The van der Waals surface area contributed by atoms with E-state index in [0.29, 0.717) is 0 Å². The molecule has 14 heavy (non-hydrogen) atoms. The average Bonchev–Trinajstić information content (AvgIpc) is 2.16. The van der Waals surface area contributed by atoms with Crippen LogP contribution in [0.15, 0.2) is 18.2 Å². The van der Waals surface area contributed by atoms with E-state index in [1.54, 1.807) is 5.48 Å². The van der Waals surface area contributed by atoms with Crippen LogP contribution in [-0.2, 0) is 0 Å². The molecule has 0 spiro atoms. The van der Waals surface area contributed by atoms with Crippen LogP contribution in [0.3, 0.4) is 0 Å². The summed E-state index contributed by atoms with van der Waals surface area (Å²) in [6, 6.07) is 3.83. The molecule has 0 aliphatic heterocycles. The average molecular weight is 197 g/mol. The van der Waals surface area contributed by atoms with Gasteiger partial charge in [0.1, 0.15) is 11.3 Å². The Morgan fingerprint density at radius 3 is 2.64 bits per heavy atom. The van der Waals surface area contributed by atoms with Crippen LogP contribution >= 0.6 is 0 Å². The molecule has 0 aliphatic carbocycles. The van der Waals surface area contributed by atoms with Gasteiger partial charge in [0.2, 0.25) is 0 Å². The highest BCUT2D eigenvalue weighted by Crippen LogP contribution is 2.27. The van der Waals surface area contributed by atoms with E-state index in [0.717, 1.165) is 0 Å². The number of rotatable bonds is 3. The lowest BCUT2D eigenvalue weighted by atomic mass is 10.1. The molecule has 0 unspecified atom stereocenters. The Morgan fingerprint density at radius 2 is 2.21 bits per heavy atom. The van der Waals surface area contributed by atoms with Crippen LogP contribution in [0.25, 0.3) is 0 Å². The normalized spacial score (nSPS) is 9.50. The maximum atomic E-state index is 10.8. The first kappa shape index (κ1) is 9.93. The molecule has 0 radical (unpaired) electrons. The summed E-state index contributed by atoms with van der Waals surface area (Å²) in [6.45, 7) is 0. The Labute approximate surface area is 78.2 Å². The van der Waals surface area contributed by atoms with Gasteiger partial charge < -0.3 is 5.73 Å². The Balaban J connectivity index is 3.43. The number of hydrogen-bond donors (Lipinski definition) is 3. The van der Waals surface area contributed by atoms with Gasteiger partial charge in [0.25, 0.3) is 5.91 Å². The van der Waals surface area contributed by atoms with Gasteiger partial charge in [-0.1, -0.05) is 6.07 Å². The standard InChI is InChI=1S/C7H7N3O4/c8-7(11)4-2-1-3-5(9-12)6(4)10(13)14/h1-3,9,12H,(H2,8,11). The number of nitro benzene ring substituents is 1. The van der Waals surface area contributed by atoms with Crippen LogP contribution in [0.1, 0.15) is 10.4 Å². The lowest BCUT2D eigenvalue weighted by Crippen LogP contribution is -2.14. The van der Waals surface area contributed by atoms with Crippen molar-refractivity contribution in [1.29, 1.82) is 0 Å². The van der Waals surface area contributed by atoms with Crippen LogP contribution in [0, 0.1) is 10.1 Å². The second-order valence-electron chi connectivity index (χ2n) is 2.43. The SMILES string of the molecule is NC(=O)c1cccc(NO)c1[N+](=O)[O-]. The van der Waals surface area contributed by atoms with Gasteiger partial charge in [-0.25, -0.2) is 0 Å². The van der Waals surface area contributed by atoms with Crippen LogP contribution in [0.2, 0.25) is 0 Å². The summed E-state index contributed by atoms with van der Waals surface area (Å²) in [5, 5.41) is 19.1. The second kappa shape index (κ2) is 3.71. The topological polar surface area (TPSA) is 118 Å². The zero-order valence-electron chi connectivity index (χ0n) is 6.93.